The first kappa shape index (κ1) is 18.8. The van der Waals surface area contributed by atoms with E-state index in [1.165, 1.54) is 0 Å². The summed E-state index contributed by atoms with van der Waals surface area (Å²) in [5.41, 5.74) is 3.31. The first-order chi connectivity index (χ1) is 12.0. The van der Waals surface area contributed by atoms with Crippen molar-refractivity contribution in [2.75, 3.05) is 13.7 Å². The lowest BCUT2D eigenvalue weighted by molar-refractivity contribution is -0.128. The van der Waals surface area contributed by atoms with Crippen LogP contribution in [-0.2, 0) is 11.2 Å². The molecular formula is C21H27NO3. The topological polar surface area (TPSA) is 47.6 Å². The summed E-state index contributed by atoms with van der Waals surface area (Å²) in [7, 11) is 1.65. The number of carbonyl (C=O) groups is 1. The van der Waals surface area contributed by atoms with Gasteiger partial charge in [-0.25, -0.2) is 0 Å². The minimum Gasteiger partial charge on any atom is -0.497 e. The molecule has 134 valence electrons. The lowest BCUT2D eigenvalue weighted by Gasteiger charge is -2.19. The maximum absolute atomic E-state index is 12.4. The van der Waals surface area contributed by atoms with E-state index in [0.717, 1.165) is 34.6 Å². The van der Waals surface area contributed by atoms with E-state index in [4.69, 9.17) is 9.47 Å². The van der Waals surface area contributed by atoms with Gasteiger partial charge in [0, 0.05) is 6.54 Å². The van der Waals surface area contributed by atoms with Crippen molar-refractivity contribution in [2.45, 2.75) is 39.7 Å². The third-order valence-corrected chi connectivity index (χ3v) is 4.15. The van der Waals surface area contributed by atoms with Gasteiger partial charge in [0.1, 0.15) is 11.5 Å². The van der Waals surface area contributed by atoms with E-state index in [0.29, 0.717) is 13.0 Å². The fourth-order valence-electron chi connectivity index (χ4n) is 2.55. The van der Waals surface area contributed by atoms with E-state index < -0.39 is 6.10 Å². The van der Waals surface area contributed by atoms with Crippen LogP contribution in [0.1, 0.15) is 30.0 Å². The Morgan fingerprint density at radius 2 is 1.84 bits per heavy atom. The Hall–Kier alpha value is -2.49. The quantitative estimate of drug-likeness (QED) is 0.794. The van der Waals surface area contributed by atoms with Crippen LogP contribution in [0.4, 0.5) is 0 Å². The molecule has 0 aromatic heterocycles. The molecule has 0 aliphatic carbocycles. The van der Waals surface area contributed by atoms with Gasteiger partial charge in [0.2, 0.25) is 0 Å². The van der Waals surface area contributed by atoms with Crippen LogP contribution in [0.15, 0.2) is 42.5 Å². The first-order valence-electron chi connectivity index (χ1n) is 8.68. The maximum Gasteiger partial charge on any atom is 0.261 e. The van der Waals surface area contributed by atoms with Crippen molar-refractivity contribution in [3.05, 3.63) is 59.2 Å². The number of rotatable bonds is 8. The molecule has 0 saturated carbocycles. The molecule has 0 aliphatic heterocycles. The molecular weight excluding hydrogens is 314 g/mol. The van der Waals surface area contributed by atoms with Crippen LogP contribution >= 0.6 is 0 Å². The van der Waals surface area contributed by atoms with Crippen molar-refractivity contribution >= 4 is 5.91 Å². The van der Waals surface area contributed by atoms with Gasteiger partial charge in [0.15, 0.2) is 6.10 Å². The van der Waals surface area contributed by atoms with Crippen LogP contribution in [0.2, 0.25) is 0 Å². The largest absolute Gasteiger partial charge is 0.497 e. The monoisotopic (exact) mass is 341 g/mol. The average molecular weight is 341 g/mol. The molecule has 4 heteroatoms. The molecule has 0 saturated heterocycles. The molecule has 1 amide bonds. The number of hydrogen-bond acceptors (Lipinski definition) is 3. The average Bonchev–Trinajstić information content (AvgIpc) is 2.62. The van der Waals surface area contributed by atoms with Crippen LogP contribution in [0, 0.1) is 13.8 Å². The lowest BCUT2D eigenvalue weighted by atomic mass is 10.1. The van der Waals surface area contributed by atoms with E-state index in [-0.39, 0.29) is 5.91 Å². The summed E-state index contributed by atoms with van der Waals surface area (Å²) in [6.07, 6.45) is 0.925. The number of carbonyl (C=O) groups excluding carboxylic acids is 1. The van der Waals surface area contributed by atoms with Crippen molar-refractivity contribution in [1.82, 2.24) is 5.32 Å². The van der Waals surface area contributed by atoms with Crippen molar-refractivity contribution in [1.29, 1.82) is 0 Å². The van der Waals surface area contributed by atoms with E-state index in [2.05, 4.69) is 5.32 Å². The van der Waals surface area contributed by atoms with Gasteiger partial charge >= 0.3 is 0 Å². The summed E-state index contributed by atoms with van der Waals surface area (Å²) >= 11 is 0. The molecule has 4 nitrogen and oxygen atoms in total. The molecule has 0 spiro atoms. The third kappa shape index (κ3) is 5.52. The highest BCUT2D eigenvalue weighted by atomic mass is 16.5. The van der Waals surface area contributed by atoms with Gasteiger partial charge in [-0.3, -0.25) is 4.79 Å². The van der Waals surface area contributed by atoms with E-state index >= 15 is 0 Å². The fourth-order valence-corrected chi connectivity index (χ4v) is 2.55. The molecule has 0 radical (unpaired) electrons. The van der Waals surface area contributed by atoms with Gasteiger partial charge in [-0.1, -0.05) is 31.2 Å². The molecule has 0 heterocycles. The second-order valence-electron chi connectivity index (χ2n) is 6.17. The van der Waals surface area contributed by atoms with Crippen LogP contribution in [0.3, 0.4) is 0 Å². The van der Waals surface area contributed by atoms with Crippen LogP contribution < -0.4 is 14.8 Å². The Labute approximate surface area is 150 Å². The molecule has 0 unspecified atom stereocenters. The zero-order valence-electron chi connectivity index (χ0n) is 15.5. The lowest BCUT2D eigenvalue weighted by Crippen LogP contribution is -2.39. The Morgan fingerprint density at radius 1 is 1.12 bits per heavy atom. The Morgan fingerprint density at radius 3 is 2.48 bits per heavy atom. The molecule has 0 fully saturated rings. The zero-order chi connectivity index (χ0) is 18.2. The highest BCUT2D eigenvalue weighted by Crippen LogP contribution is 2.21. The van der Waals surface area contributed by atoms with Gasteiger partial charge in [0.25, 0.3) is 5.91 Å². The fraction of sp³-hybridized carbons (Fsp3) is 0.381. The molecule has 2 aromatic rings. The molecule has 2 rings (SSSR count). The smallest absolute Gasteiger partial charge is 0.261 e. The van der Waals surface area contributed by atoms with Gasteiger partial charge in [0.05, 0.1) is 7.11 Å². The predicted molar refractivity (Wildman–Crippen MR) is 100 cm³/mol. The van der Waals surface area contributed by atoms with Crippen LogP contribution in [-0.4, -0.2) is 25.7 Å². The summed E-state index contributed by atoms with van der Waals surface area (Å²) in [5.74, 6) is 1.54. The minimum absolute atomic E-state index is 0.0723. The first-order valence-corrected chi connectivity index (χ1v) is 8.68. The Kier molecular flexibility index (Phi) is 6.87. The molecule has 0 bridgehead atoms. The number of hydrogen-bond donors (Lipinski definition) is 1. The number of amides is 1. The second-order valence-corrected chi connectivity index (χ2v) is 6.17. The minimum atomic E-state index is -0.476. The standard InChI is InChI=1S/C21H27NO3/c1-5-19(25-20-14-15(2)6-7-16(20)3)21(23)22-13-12-17-8-10-18(24-4)11-9-17/h6-11,14,19H,5,12-13H2,1-4H3,(H,22,23)/t19-/m0/s1. The number of aryl methyl sites for hydroxylation is 2. The van der Waals surface area contributed by atoms with Crippen molar-refractivity contribution in [2.24, 2.45) is 0 Å². The molecule has 1 atom stereocenters. The predicted octanol–water partition coefficient (Wildman–Crippen LogP) is 3.83. The van der Waals surface area contributed by atoms with E-state index in [9.17, 15) is 4.79 Å². The zero-order valence-corrected chi connectivity index (χ0v) is 15.5. The number of benzene rings is 2. The Balaban J connectivity index is 1.87. The molecule has 25 heavy (non-hydrogen) atoms. The number of ether oxygens (including phenoxy) is 2. The van der Waals surface area contributed by atoms with Gasteiger partial charge in [-0.2, -0.15) is 0 Å². The van der Waals surface area contributed by atoms with Crippen molar-refractivity contribution in [3.8, 4) is 11.5 Å². The molecule has 1 N–H and O–H groups in total. The summed E-state index contributed by atoms with van der Waals surface area (Å²) < 4.78 is 11.1. The van der Waals surface area contributed by atoms with Crippen LogP contribution in [0.5, 0.6) is 11.5 Å². The van der Waals surface area contributed by atoms with Crippen molar-refractivity contribution < 1.29 is 14.3 Å². The highest BCUT2D eigenvalue weighted by Gasteiger charge is 2.18. The van der Waals surface area contributed by atoms with Gasteiger partial charge in [-0.15, -0.1) is 0 Å². The maximum atomic E-state index is 12.4. The highest BCUT2D eigenvalue weighted by molar-refractivity contribution is 5.81. The van der Waals surface area contributed by atoms with Crippen LogP contribution in [0.25, 0.3) is 0 Å². The molecule has 0 aliphatic rings. The molecule has 2 aromatic carbocycles. The third-order valence-electron chi connectivity index (χ3n) is 4.15. The SMILES string of the molecule is CC[C@H](Oc1cc(C)ccc1C)C(=O)NCCc1ccc(OC)cc1. The number of methoxy groups -OCH3 is 1. The summed E-state index contributed by atoms with van der Waals surface area (Å²) in [6, 6.07) is 13.9. The normalized spacial score (nSPS) is 11.7. The van der Waals surface area contributed by atoms with E-state index in [1.54, 1.807) is 7.11 Å². The van der Waals surface area contributed by atoms with Crippen molar-refractivity contribution in [3.63, 3.8) is 0 Å². The van der Waals surface area contributed by atoms with Gasteiger partial charge in [-0.05, 0) is 61.6 Å². The summed E-state index contributed by atoms with van der Waals surface area (Å²) in [5, 5.41) is 2.97. The van der Waals surface area contributed by atoms with E-state index in [1.807, 2.05) is 63.2 Å². The summed E-state index contributed by atoms with van der Waals surface area (Å²) in [4.78, 5) is 12.4. The number of nitrogens with one attached hydrogen (secondary N) is 1. The Bertz CT molecular complexity index is 695. The second kappa shape index (κ2) is 9.11. The summed E-state index contributed by atoms with van der Waals surface area (Å²) in [6.45, 7) is 6.54. The van der Waals surface area contributed by atoms with Gasteiger partial charge < -0.3 is 14.8 Å².